The lowest BCUT2D eigenvalue weighted by molar-refractivity contribution is -0.149. The Labute approximate surface area is 114 Å². The van der Waals surface area contributed by atoms with Crippen molar-refractivity contribution in [2.24, 2.45) is 5.11 Å². The first-order chi connectivity index (χ1) is 9.38. The zero-order valence-electron chi connectivity index (χ0n) is 10.7. The molecule has 1 atom stereocenters. The normalized spacial score (nSPS) is 11.7. The molecule has 0 spiro atoms. The Morgan fingerprint density at radius 3 is 2.05 bits per heavy atom. The van der Waals surface area contributed by atoms with E-state index in [9.17, 15) is 14.4 Å². The van der Waals surface area contributed by atoms with Gasteiger partial charge in [-0.25, -0.2) is 0 Å². The molecule has 0 amide bonds. The molecule has 0 fully saturated rings. The van der Waals surface area contributed by atoms with Gasteiger partial charge in [-0.05, 0) is 18.4 Å². The van der Waals surface area contributed by atoms with Crippen LogP contribution in [0.4, 0.5) is 0 Å². The van der Waals surface area contributed by atoms with Crippen LogP contribution in [0.3, 0.4) is 0 Å². The van der Waals surface area contributed by atoms with Crippen LogP contribution in [0.2, 0.25) is 0 Å². The minimum Gasteiger partial charge on any atom is -0.480 e. The molecule has 0 aromatic carbocycles. The van der Waals surface area contributed by atoms with Gasteiger partial charge in [0.05, 0.1) is 13.1 Å². The standard InChI is InChI=1S/C10H16N4O6/c11-13-12-4-2-1-3-7(10(19)20)14(5-8(15)16)6-9(17)18/h7H,1-6H2,(H,15,16)(H,17,18)(H,19,20)/t7-/m0/s1. The van der Waals surface area contributed by atoms with Gasteiger partial charge in [0.1, 0.15) is 6.04 Å². The summed E-state index contributed by atoms with van der Waals surface area (Å²) in [7, 11) is 0. The Morgan fingerprint density at radius 1 is 1.10 bits per heavy atom. The molecule has 20 heavy (non-hydrogen) atoms. The molecule has 0 rings (SSSR count). The quantitative estimate of drug-likeness (QED) is 0.214. The number of carbonyl (C=O) groups is 3. The molecule has 0 aliphatic carbocycles. The molecule has 0 heterocycles. The topological polar surface area (TPSA) is 164 Å². The maximum Gasteiger partial charge on any atom is 0.320 e. The molecular formula is C10H16N4O6. The van der Waals surface area contributed by atoms with Gasteiger partial charge in [-0.3, -0.25) is 19.3 Å². The fourth-order valence-corrected chi connectivity index (χ4v) is 1.65. The second kappa shape index (κ2) is 9.59. The fraction of sp³-hybridized carbons (Fsp3) is 0.700. The van der Waals surface area contributed by atoms with E-state index < -0.39 is 37.0 Å². The molecule has 0 aromatic rings. The Kier molecular flexibility index (Phi) is 8.48. The van der Waals surface area contributed by atoms with E-state index in [0.29, 0.717) is 12.8 Å². The number of rotatable bonds is 11. The number of carboxylic acids is 3. The number of hydrogen-bond acceptors (Lipinski definition) is 5. The molecule has 3 N–H and O–H groups in total. The third-order valence-electron chi connectivity index (χ3n) is 2.45. The van der Waals surface area contributed by atoms with Crippen LogP contribution in [0.1, 0.15) is 19.3 Å². The highest BCUT2D eigenvalue weighted by molar-refractivity contribution is 5.78. The van der Waals surface area contributed by atoms with Gasteiger partial charge < -0.3 is 15.3 Å². The average Bonchev–Trinajstić information content (AvgIpc) is 2.31. The monoisotopic (exact) mass is 288 g/mol. The third-order valence-corrected chi connectivity index (χ3v) is 2.45. The number of nitrogens with zero attached hydrogens (tertiary/aromatic N) is 4. The molecule has 0 aromatic heterocycles. The SMILES string of the molecule is [N-]=[N+]=NCCCC[C@@H](C(=O)O)N(CC(=O)O)CC(=O)O. The van der Waals surface area contributed by atoms with Crippen LogP contribution < -0.4 is 0 Å². The molecule has 0 radical (unpaired) electrons. The fourth-order valence-electron chi connectivity index (χ4n) is 1.65. The van der Waals surface area contributed by atoms with Crippen LogP contribution in [-0.4, -0.2) is 63.8 Å². The first kappa shape index (κ1) is 17.7. The molecule has 112 valence electrons. The summed E-state index contributed by atoms with van der Waals surface area (Å²) in [6.07, 6.45) is 0.907. The predicted molar refractivity (Wildman–Crippen MR) is 66.1 cm³/mol. The third kappa shape index (κ3) is 7.90. The Morgan fingerprint density at radius 2 is 1.65 bits per heavy atom. The van der Waals surface area contributed by atoms with Crippen molar-refractivity contribution in [3.8, 4) is 0 Å². The van der Waals surface area contributed by atoms with Crippen molar-refractivity contribution in [1.29, 1.82) is 0 Å². The Bertz CT molecular complexity index is 391. The number of unbranched alkanes of at least 4 members (excludes halogenated alkanes) is 1. The second-order valence-electron chi connectivity index (χ2n) is 4.00. The number of aliphatic carboxylic acids is 3. The predicted octanol–water partition coefficient (Wildman–Crippen LogP) is 0.391. The lowest BCUT2D eigenvalue weighted by Gasteiger charge is -2.25. The van der Waals surface area contributed by atoms with Crippen molar-refractivity contribution in [2.75, 3.05) is 19.6 Å². The van der Waals surface area contributed by atoms with E-state index in [0.717, 1.165) is 4.90 Å². The van der Waals surface area contributed by atoms with E-state index in [-0.39, 0.29) is 13.0 Å². The highest BCUT2D eigenvalue weighted by atomic mass is 16.4. The van der Waals surface area contributed by atoms with E-state index in [2.05, 4.69) is 10.0 Å². The van der Waals surface area contributed by atoms with Crippen molar-refractivity contribution in [3.05, 3.63) is 10.4 Å². The molecular weight excluding hydrogens is 272 g/mol. The minimum absolute atomic E-state index is 0.0802. The van der Waals surface area contributed by atoms with E-state index >= 15 is 0 Å². The molecule has 0 aliphatic rings. The molecule has 0 unspecified atom stereocenters. The summed E-state index contributed by atoms with van der Waals surface area (Å²) >= 11 is 0. The summed E-state index contributed by atoms with van der Waals surface area (Å²) < 4.78 is 0. The van der Waals surface area contributed by atoms with Gasteiger partial charge in [0, 0.05) is 11.5 Å². The van der Waals surface area contributed by atoms with E-state index in [1.54, 1.807) is 0 Å². The maximum absolute atomic E-state index is 11.1. The number of azide groups is 1. The summed E-state index contributed by atoms with van der Waals surface area (Å²) in [6.45, 7) is -1.13. The highest BCUT2D eigenvalue weighted by Gasteiger charge is 2.28. The van der Waals surface area contributed by atoms with Gasteiger partial charge in [0.15, 0.2) is 0 Å². The molecule has 0 bridgehead atoms. The summed E-state index contributed by atoms with van der Waals surface area (Å²) in [5.41, 5.74) is 8.07. The van der Waals surface area contributed by atoms with E-state index in [1.807, 2.05) is 0 Å². The number of hydrogen-bond donors (Lipinski definition) is 3. The summed E-state index contributed by atoms with van der Waals surface area (Å²) in [5, 5.41) is 29.7. The van der Waals surface area contributed by atoms with Crippen LogP contribution in [0, 0.1) is 0 Å². The Balaban J connectivity index is 4.62. The van der Waals surface area contributed by atoms with Crippen molar-refractivity contribution in [1.82, 2.24) is 4.90 Å². The lowest BCUT2D eigenvalue weighted by Crippen LogP contribution is -2.46. The molecule has 0 saturated carbocycles. The highest BCUT2D eigenvalue weighted by Crippen LogP contribution is 2.10. The smallest absolute Gasteiger partial charge is 0.320 e. The van der Waals surface area contributed by atoms with Gasteiger partial charge in [0.25, 0.3) is 0 Å². The van der Waals surface area contributed by atoms with Gasteiger partial charge in [0.2, 0.25) is 0 Å². The van der Waals surface area contributed by atoms with Gasteiger partial charge in [-0.1, -0.05) is 11.5 Å². The van der Waals surface area contributed by atoms with E-state index in [1.165, 1.54) is 0 Å². The summed E-state index contributed by atoms with van der Waals surface area (Å²) in [5.74, 6) is -3.88. The van der Waals surface area contributed by atoms with Crippen LogP contribution in [0.5, 0.6) is 0 Å². The van der Waals surface area contributed by atoms with E-state index in [4.69, 9.17) is 20.9 Å². The number of carboxylic acid groups (broad SMARTS) is 3. The molecule has 0 saturated heterocycles. The van der Waals surface area contributed by atoms with Crippen molar-refractivity contribution in [2.45, 2.75) is 25.3 Å². The van der Waals surface area contributed by atoms with Crippen LogP contribution in [0.15, 0.2) is 5.11 Å². The Hall–Kier alpha value is -2.32. The lowest BCUT2D eigenvalue weighted by atomic mass is 10.1. The summed E-state index contributed by atoms with van der Waals surface area (Å²) in [4.78, 5) is 35.8. The van der Waals surface area contributed by atoms with Crippen molar-refractivity contribution >= 4 is 17.9 Å². The minimum atomic E-state index is -1.30. The maximum atomic E-state index is 11.1. The van der Waals surface area contributed by atoms with Crippen molar-refractivity contribution in [3.63, 3.8) is 0 Å². The molecule has 10 nitrogen and oxygen atoms in total. The first-order valence-electron chi connectivity index (χ1n) is 5.79. The van der Waals surface area contributed by atoms with Crippen LogP contribution >= 0.6 is 0 Å². The second-order valence-corrected chi connectivity index (χ2v) is 4.00. The summed E-state index contributed by atoms with van der Waals surface area (Å²) in [6, 6.07) is -1.20. The molecule has 10 heteroatoms. The largest absolute Gasteiger partial charge is 0.480 e. The first-order valence-corrected chi connectivity index (χ1v) is 5.79. The van der Waals surface area contributed by atoms with Gasteiger partial charge >= 0.3 is 17.9 Å². The van der Waals surface area contributed by atoms with Gasteiger partial charge in [-0.2, -0.15) is 0 Å². The van der Waals surface area contributed by atoms with Crippen molar-refractivity contribution < 1.29 is 29.7 Å². The average molecular weight is 288 g/mol. The zero-order valence-corrected chi connectivity index (χ0v) is 10.7. The van der Waals surface area contributed by atoms with Gasteiger partial charge in [-0.15, -0.1) is 0 Å². The molecule has 0 aliphatic heterocycles. The van der Waals surface area contributed by atoms with Crippen LogP contribution in [-0.2, 0) is 14.4 Å². The van der Waals surface area contributed by atoms with Crippen LogP contribution in [0.25, 0.3) is 10.4 Å². The zero-order chi connectivity index (χ0) is 15.5.